The second-order valence-corrected chi connectivity index (χ2v) is 8.57. The molecule has 2 aromatic carbocycles. The zero-order valence-corrected chi connectivity index (χ0v) is 18.5. The lowest BCUT2D eigenvalue weighted by molar-refractivity contribution is -0.117. The summed E-state index contributed by atoms with van der Waals surface area (Å²) in [6.45, 7) is 5.51. The number of carbonyl (C=O) groups is 2. The van der Waals surface area contributed by atoms with E-state index in [4.69, 9.17) is 4.74 Å². The average Bonchev–Trinajstić information content (AvgIpc) is 3.23. The SMILES string of the molecule is COc1ccc(N2C(=O)C(O)=C(C(=O)c3sc(C)nc3C)C2c2ccccc2C)cc1. The number of aryl methyl sites for hydroxylation is 3. The van der Waals surface area contributed by atoms with Crippen molar-refractivity contribution in [3.8, 4) is 5.75 Å². The zero-order chi connectivity index (χ0) is 22.3. The van der Waals surface area contributed by atoms with Crippen molar-refractivity contribution in [1.82, 2.24) is 4.98 Å². The number of aromatic nitrogens is 1. The normalized spacial score (nSPS) is 16.2. The molecule has 0 saturated heterocycles. The van der Waals surface area contributed by atoms with Crippen LogP contribution in [0, 0.1) is 20.8 Å². The minimum atomic E-state index is -0.753. The molecule has 0 radical (unpaired) electrons. The van der Waals surface area contributed by atoms with E-state index in [0.717, 1.165) is 16.1 Å². The van der Waals surface area contributed by atoms with Gasteiger partial charge in [0.15, 0.2) is 5.76 Å². The topological polar surface area (TPSA) is 79.7 Å². The second-order valence-electron chi connectivity index (χ2n) is 7.37. The van der Waals surface area contributed by atoms with E-state index in [1.165, 1.54) is 16.2 Å². The van der Waals surface area contributed by atoms with E-state index < -0.39 is 17.7 Å². The third kappa shape index (κ3) is 3.51. The minimum Gasteiger partial charge on any atom is -0.503 e. The molecule has 0 aliphatic carbocycles. The van der Waals surface area contributed by atoms with Crippen LogP contribution in [-0.4, -0.2) is 28.9 Å². The first-order chi connectivity index (χ1) is 14.8. The van der Waals surface area contributed by atoms with Crippen molar-refractivity contribution in [3.63, 3.8) is 0 Å². The largest absolute Gasteiger partial charge is 0.503 e. The first-order valence-electron chi connectivity index (χ1n) is 9.78. The third-order valence-corrected chi connectivity index (χ3v) is 6.47. The Balaban J connectivity index is 1.90. The molecule has 1 aliphatic rings. The Labute approximate surface area is 184 Å². The number of hydrogen-bond donors (Lipinski definition) is 1. The van der Waals surface area contributed by atoms with Gasteiger partial charge < -0.3 is 9.84 Å². The molecule has 1 unspecified atom stereocenters. The van der Waals surface area contributed by atoms with Crippen molar-refractivity contribution in [2.45, 2.75) is 26.8 Å². The lowest BCUT2D eigenvalue weighted by Gasteiger charge is -2.28. The molecule has 6 nitrogen and oxygen atoms in total. The predicted molar refractivity (Wildman–Crippen MR) is 120 cm³/mol. The number of ketones is 1. The molecular weight excluding hydrogens is 412 g/mol. The van der Waals surface area contributed by atoms with Gasteiger partial charge in [0.25, 0.3) is 5.91 Å². The van der Waals surface area contributed by atoms with Crippen molar-refractivity contribution >= 4 is 28.7 Å². The maximum atomic E-state index is 13.6. The predicted octanol–water partition coefficient (Wildman–Crippen LogP) is 4.86. The summed E-state index contributed by atoms with van der Waals surface area (Å²) in [5, 5.41) is 11.6. The van der Waals surface area contributed by atoms with Gasteiger partial charge in [0.05, 0.1) is 34.3 Å². The summed E-state index contributed by atoms with van der Waals surface area (Å²) >= 11 is 1.26. The monoisotopic (exact) mass is 434 g/mol. The van der Waals surface area contributed by atoms with Crippen molar-refractivity contribution in [2.24, 2.45) is 0 Å². The number of rotatable bonds is 5. The van der Waals surface area contributed by atoms with Gasteiger partial charge in [0.2, 0.25) is 5.78 Å². The van der Waals surface area contributed by atoms with E-state index in [1.807, 2.05) is 38.1 Å². The number of nitrogens with zero attached hydrogens (tertiary/aromatic N) is 2. The quantitative estimate of drug-likeness (QED) is 0.580. The van der Waals surface area contributed by atoms with Crippen LogP contribution in [0.25, 0.3) is 0 Å². The molecule has 1 aromatic heterocycles. The molecule has 0 fully saturated rings. The van der Waals surface area contributed by atoms with Gasteiger partial charge in [-0.3, -0.25) is 14.5 Å². The number of aliphatic hydroxyl groups is 1. The summed E-state index contributed by atoms with van der Waals surface area (Å²) in [5.41, 5.74) is 2.91. The Hall–Kier alpha value is -3.45. The summed E-state index contributed by atoms with van der Waals surface area (Å²) < 4.78 is 5.22. The lowest BCUT2D eigenvalue weighted by Crippen LogP contribution is -2.31. The number of carbonyl (C=O) groups excluding carboxylic acids is 2. The molecule has 0 spiro atoms. The maximum absolute atomic E-state index is 13.6. The first-order valence-corrected chi connectivity index (χ1v) is 10.6. The Morgan fingerprint density at radius 3 is 2.35 bits per heavy atom. The molecule has 1 amide bonds. The van der Waals surface area contributed by atoms with Crippen LogP contribution in [0.3, 0.4) is 0 Å². The molecule has 1 atom stereocenters. The molecule has 0 saturated carbocycles. The lowest BCUT2D eigenvalue weighted by atomic mass is 9.92. The van der Waals surface area contributed by atoms with Gasteiger partial charge in [-0.05, 0) is 56.2 Å². The van der Waals surface area contributed by atoms with Crippen LogP contribution in [0.1, 0.15) is 37.5 Å². The van der Waals surface area contributed by atoms with E-state index in [9.17, 15) is 14.7 Å². The van der Waals surface area contributed by atoms with Crippen LogP contribution in [0.2, 0.25) is 0 Å². The molecule has 31 heavy (non-hydrogen) atoms. The Morgan fingerprint density at radius 2 is 1.77 bits per heavy atom. The molecule has 0 bridgehead atoms. The van der Waals surface area contributed by atoms with Gasteiger partial charge >= 0.3 is 0 Å². The summed E-state index contributed by atoms with van der Waals surface area (Å²) in [5.74, 6) is -0.870. The van der Waals surface area contributed by atoms with Crippen LogP contribution in [0.4, 0.5) is 5.69 Å². The fraction of sp³-hybridized carbons (Fsp3) is 0.208. The number of aliphatic hydroxyl groups excluding tert-OH is 1. The Morgan fingerprint density at radius 1 is 1.10 bits per heavy atom. The van der Waals surface area contributed by atoms with E-state index in [2.05, 4.69) is 4.98 Å². The average molecular weight is 435 g/mol. The van der Waals surface area contributed by atoms with Crippen molar-refractivity contribution in [1.29, 1.82) is 0 Å². The zero-order valence-electron chi connectivity index (χ0n) is 17.7. The van der Waals surface area contributed by atoms with Crippen LogP contribution in [-0.2, 0) is 4.79 Å². The van der Waals surface area contributed by atoms with E-state index >= 15 is 0 Å². The van der Waals surface area contributed by atoms with Crippen molar-refractivity contribution in [2.75, 3.05) is 12.0 Å². The number of anilines is 1. The summed E-state index contributed by atoms with van der Waals surface area (Å²) in [7, 11) is 1.57. The molecule has 3 aromatic rings. The van der Waals surface area contributed by atoms with Crippen LogP contribution < -0.4 is 9.64 Å². The number of methoxy groups -OCH3 is 1. The molecule has 1 aliphatic heterocycles. The number of benzene rings is 2. The maximum Gasteiger partial charge on any atom is 0.294 e. The fourth-order valence-corrected chi connectivity index (χ4v) is 4.77. The first kappa shape index (κ1) is 20.8. The summed E-state index contributed by atoms with van der Waals surface area (Å²) in [4.78, 5) is 33.0. The van der Waals surface area contributed by atoms with Crippen molar-refractivity contribution in [3.05, 3.63) is 86.6 Å². The fourth-order valence-electron chi connectivity index (χ4n) is 3.90. The van der Waals surface area contributed by atoms with E-state index in [1.54, 1.807) is 38.3 Å². The van der Waals surface area contributed by atoms with E-state index in [-0.39, 0.29) is 11.4 Å². The minimum absolute atomic E-state index is 0.0712. The number of hydrogen-bond acceptors (Lipinski definition) is 6. The highest BCUT2D eigenvalue weighted by Gasteiger charge is 2.45. The van der Waals surface area contributed by atoms with Gasteiger partial charge in [0.1, 0.15) is 5.75 Å². The highest BCUT2D eigenvalue weighted by Crippen LogP contribution is 2.43. The molecule has 4 rings (SSSR count). The third-order valence-electron chi connectivity index (χ3n) is 5.40. The molecule has 1 N–H and O–H groups in total. The van der Waals surface area contributed by atoms with Gasteiger partial charge in [-0.1, -0.05) is 24.3 Å². The molecule has 7 heteroatoms. The van der Waals surface area contributed by atoms with Gasteiger partial charge in [-0.2, -0.15) is 0 Å². The second kappa shape index (κ2) is 8.00. The Kier molecular flexibility index (Phi) is 5.37. The standard InChI is InChI=1S/C24H22N2O4S/c1-13-7-5-6-8-18(13)20-19(21(27)23-14(2)25-15(3)31-23)22(28)24(29)26(20)16-9-11-17(30-4)12-10-16/h5-12,20,28H,1-4H3. The molecule has 2 heterocycles. The van der Waals surface area contributed by atoms with Gasteiger partial charge in [0, 0.05) is 5.69 Å². The summed E-state index contributed by atoms with van der Waals surface area (Å²) in [6.07, 6.45) is 0. The summed E-state index contributed by atoms with van der Waals surface area (Å²) in [6, 6.07) is 13.8. The highest BCUT2D eigenvalue weighted by atomic mass is 32.1. The van der Waals surface area contributed by atoms with Crippen LogP contribution >= 0.6 is 11.3 Å². The van der Waals surface area contributed by atoms with Gasteiger partial charge in [-0.25, -0.2) is 4.98 Å². The van der Waals surface area contributed by atoms with Gasteiger partial charge in [-0.15, -0.1) is 11.3 Å². The van der Waals surface area contributed by atoms with Crippen LogP contribution in [0.15, 0.2) is 59.9 Å². The highest BCUT2D eigenvalue weighted by molar-refractivity contribution is 7.14. The van der Waals surface area contributed by atoms with E-state index in [0.29, 0.717) is 22.0 Å². The molecule has 158 valence electrons. The smallest absolute Gasteiger partial charge is 0.294 e. The Bertz CT molecular complexity index is 1210. The van der Waals surface area contributed by atoms with Crippen molar-refractivity contribution < 1.29 is 19.4 Å². The number of thiazole rings is 1. The number of ether oxygens (including phenoxy) is 1. The van der Waals surface area contributed by atoms with Crippen LogP contribution in [0.5, 0.6) is 5.75 Å². The number of Topliss-reactive ketones (excluding diaryl/α,β-unsaturated/α-hetero) is 1. The molecular formula is C24H22N2O4S. The number of amides is 1.